The fraction of sp³-hybridized carbons (Fsp3) is 0.429. The molecule has 28 heavy (non-hydrogen) atoms. The number of β-amino-alcohol motifs (C(OH)–C–C–N with tert-alkyl or cyclic N) is 1. The Labute approximate surface area is 162 Å². The van der Waals surface area contributed by atoms with Gasteiger partial charge in [0.1, 0.15) is 11.9 Å². The number of aromatic nitrogens is 1. The fourth-order valence-electron chi connectivity index (χ4n) is 4.35. The van der Waals surface area contributed by atoms with Crippen molar-refractivity contribution in [2.24, 2.45) is 11.8 Å². The number of hydrogen-bond acceptors (Lipinski definition) is 6. The molecule has 1 aliphatic heterocycles. The number of halogens is 1. The van der Waals surface area contributed by atoms with Crippen molar-refractivity contribution in [3.05, 3.63) is 53.6 Å². The predicted octanol–water partition coefficient (Wildman–Crippen LogP) is 2.62. The molecule has 0 spiro atoms. The number of aliphatic hydroxyl groups is 1. The van der Waals surface area contributed by atoms with Gasteiger partial charge in [-0.2, -0.15) is 9.65 Å². The molecule has 4 rings (SSSR count). The largest absolute Gasteiger partial charge is 0.504 e. The van der Waals surface area contributed by atoms with E-state index in [1.165, 1.54) is 12.1 Å². The van der Waals surface area contributed by atoms with Gasteiger partial charge in [-0.25, -0.2) is 4.98 Å². The van der Waals surface area contributed by atoms with Crippen LogP contribution in [0.15, 0.2) is 36.4 Å². The summed E-state index contributed by atoms with van der Waals surface area (Å²) in [5.74, 6) is 0.342. The van der Waals surface area contributed by atoms with Crippen LogP contribution in [-0.2, 0) is 0 Å². The molecule has 2 N–H and O–H groups in total. The molecule has 0 amide bonds. The summed E-state index contributed by atoms with van der Waals surface area (Å²) in [7, 11) is 0. The number of likely N-dealkylation sites (tertiary alicyclic amines) is 1. The standard InChI is InChI=1S/C21H22FN3O3/c22-21-19(26)6-5-18(24-21)20(27)12-25-10-14-7-17(8-15(14)11-25)28-16-3-1-13(9-23)2-4-16/h1-6,14-15,17,20,26-27H,7-8,10-12H2/t14-,15+,17+,20-/m0/s1. The van der Waals surface area contributed by atoms with Crippen LogP contribution in [0.5, 0.6) is 11.5 Å². The molecule has 1 saturated carbocycles. The lowest BCUT2D eigenvalue weighted by Gasteiger charge is -2.22. The summed E-state index contributed by atoms with van der Waals surface area (Å²) in [6.45, 7) is 2.14. The van der Waals surface area contributed by atoms with E-state index in [2.05, 4.69) is 16.0 Å². The van der Waals surface area contributed by atoms with E-state index in [-0.39, 0.29) is 11.8 Å². The molecule has 2 aliphatic rings. The third-order valence-electron chi connectivity index (χ3n) is 5.69. The fourth-order valence-corrected chi connectivity index (χ4v) is 4.35. The third-order valence-corrected chi connectivity index (χ3v) is 5.69. The van der Waals surface area contributed by atoms with E-state index in [0.717, 1.165) is 31.7 Å². The number of nitrogens with zero attached hydrogens (tertiary/aromatic N) is 3. The first kappa shape index (κ1) is 18.7. The second kappa shape index (κ2) is 7.74. The average molecular weight is 383 g/mol. The summed E-state index contributed by atoms with van der Waals surface area (Å²) < 4.78 is 19.5. The summed E-state index contributed by atoms with van der Waals surface area (Å²) in [5, 5.41) is 28.4. The SMILES string of the molecule is N#Cc1ccc(O[C@H]2C[C@@H]3CN(C[C@H](O)c4ccc(O)c(F)n4)C[C@@H]3C2)cc1. The highest BCUT2D eigenvalue weighted by Gasteiger charge is 2.42. The lowest BCUT2D eigenvalue weighted by Crippen LogP contribution is -2.29. The van der Waals surface area contributed by atoms with Crippen LogP contribution < -0.4 is 4.74 Å². The van der Waals surface area contributed by atoms with Crippen LogP contribution in [0.1, 0.15) is 30.2 Å². The Morgan fingerprint density at radius 3 is 2.46 bits per heavy atom. The van der Waals surface area contributed by atoms with Crippen LogP contribution in [0.25, 0.3) is 0 Å². The molecule has 146 valence electrons. The van der Waals surface area contributed by atoms with E-state index in [0.29, 0.717) is 23.9 Å². The topological polar surface area (TPSA) is 89.6 Å². The van der Waals surface area contributed by atoms with Crippen molar-refractivity contribution in [2.75, 3.05) is 19.6 Å². The Balaban J connectivity index is 1.29. The molecule has 1 aliphatic carbocycles. The van der Waals surface area contributed by atoms with Crippen molar-refractivity contribution in [1.29, 1.82) is 5.26 Å². The zero-order chi connectivity index (χ0) is 19.7. The van der Waals surface area contributed by atoms with Gasteiger partial charge in [0.05, 0.1) is 23.4 Å². The zero-order valence-electron chi connectivity index (χ0n) is 15.3. The summed E-state index contributed by atoms with van der Waals surface area (Å²) >= 11 is 0. The van der Waals surface area contributed by atoms with Gasteiger partial charge in [0.25, 0.3) is 5.95 Å². The minimum absolute atomic E-state index is 0.169. The molecule has 4 atom stereocenters. The van der Waals surface area contributed by atoms with Gasteiger partial charge in [0, 0.05) is 19.6 Å². The number of ether oxygens (including phenoxy) is 1. The molecule has 2 heterocycles. The van der Waals surface area contributed by atoms with Crippen molar-refractivity contribution in [1.82, 2.24) is 9.88 Å². The number of aliphatic hydroxyl groups excluding tert-OH is 1. The maximum absolute atomic E-state index is 13.4. The van der Waals surface area contributed by atoms with Gasteiger partial charge < -0.3 is 14.9 Å². The zero-order valence-corrected chi connectivity index (χ0v) is 15.3. The Morgan fingerprint density at radius 2 is 1.86 bits per heavy atom. The van der Waals surface area contributed by atoms with Crippen molar-refractivity contribution in [3.8, 4) is 17.6 Å². The predicted molar refractivity (Wildman–Crippen MR) is 99.0 cm³/mol. The lowest BCUT2D eigenvalue weighted by molar-refractivity contribution is 0.112. The van der Waals surface area contributed by atoms with E-state index >= 15 is 0 Å². The lowest BCUT2D eigenvalue weighted by atomic mass is 10.0. The Bertz CT molecular complexity index is 869. The van der Waals surface area contributed by atoms with Gasteiger partial charge >= 0.3 is 0 Å². The van der Waals surface area contributed by atoms with Gasteiger partial charge in [0.15, 0.2) is 5.75 Å². The highest BCUT2D eigenvalue weighted by Crippen LogP contribution is 2.40. The highest BCUT2D eigenvalue weighted by molar-refractivity contribution is 5.34. The van der Waals surface area contributed by atoms with Gasteiger partial charge in [-0.1, -0.05) is 0 Å². The molecule has 6 nitrogen and oxygen atoms in total. The quantitative estimate of drug-likeness (QED) is 0.772. The third kappa shape index (κ3) is 3.93. The first-order valence-corrected chi connectivity index (χ1v) is 9.44. The van der Waals surface area contributed by atoms with Crippen molar-refractivity contribution in [3.63, 3.8) is 0 Å². The maximum atomic E-state index is 13.4. The molecular formula is C21H22FN3O3. The first-order chi connectivity index (χ1) is 13.5. The maximum Gasteiger partial charge on any atom is 0.255 e. The van der Waals surface area contributed by atoms with Gasteiger partial charge in [-0.05, 0) is 61.1 Å². The number of benzene rings is 1. The summed E-state index contributed by atoms with van der Waals surface area (Å²) in [6, 6.07) is 11.9. The molecular weight excluding hydrogens is 361 g/mol. The van der Waals surface area contributed by atoms with E-state index in [4.69, 9.17) is 10.00 Å². The smallest absolute Gasteiger partial charge is 0.255 e. The monoisotopic (exact) mass is 383 g/mol. The van der Waals surface area contributed by atoms with E-state index in [1.54, 1.807) is 12.1 Å². The number of nitriles is 1. The average Bonchev–Trinajstić information content (AvgIpc) is 3.22. The van der Waals surface area contributed by atoms with Crippen LogP contribution in [0.4, 0.5) is 4.39 Å². The number of aromatic hydroxyl groups is 1. The van der Waals surface area contributed by atoms with Crippen molar-refractivity contribution < 1.29 is 19.3 Å². The van der Waals surface area contributed by atoms with E-state index in [9.17, 15) is 14.6 Å². The summed E-state index contributed by atoms with van der Waals surface area (Å²) in [4.78, 5) is 5.81. The van der Waals surface area contributed by atoms with Crippen LogP contribution in [0, 0.1) is 29.1 Å². The number of fused-ring (bicyclic) bond motifs is 1. The molecule has 0 unspecified atom stereocenters. The molecule has 0 bridgehead atoms. The summed E-state index contributed by atoms with van der Waals surface area (Å²) in [5.41, 5.74) is 0.849. The van der Waals surface area contributed by atoms with E-state index in [1.807, 2.05) is 12.1 Å². The Kier molecular flexibility index (Phi) is 5.16. The van der Waals surface area contributed by atoms with Gasteiger partial charge in [-0.3, -0.25) is 4.90 Å². The molecule has 1 saturated heterocycles. The molecule has 1 aromatic heterocycles. The molecule has 0 radical (unpaired) electrons. The summed E-state index contributed by atoms with van der Waals surface area (Å²) in [6.07, 6.45) is 1.20. The highest BCUT2D eigenvalue weighted by atomic mass is 19.1. The molecule has 2 fully saturated rings. The van der Waals surface area contributed by atoms with Crippen LogP contribution in [0.3, 0.4) is 0 Å². The van der Waals surface area contributed by atoms with Gasteiger partial charge in [-0.15, -0.1) is 0 Å². The normalized spacial score (nSPS) is 25.2. The Hall–Kier alpha value is -2.69. The first-order valence-electron chi connectivity index (χ1n) is 9.44. The van der Waals surface area contributed by atoms with Gasteiger partial charge in [0.2, 0.25) is 0 Å². The second-order valence-electron chi connectivity index (χ2n) is 7.65. The number of pyridine rings is 1. The number of rotatable bonds is 5. The molecule has 2 aromatic rings. The second-order valence-corrected chi connectivity index (χ2v) is 7.65. The molecule has 7 heteroatoms. The van der Waals surface area contributed by atoms with Crippen molar-refractivity contribution >= 4 is 0 Å². The van der Waals surface area contributed by atoms with E-state index < -0.39 is 17.8 Å². The number of hydrogen-bond donors (Lipinski definition) is 2. The van der Waals surface area contributed by atoms with Crippen LogP contribution >= 0.6 is 0 Å². The van der Waals surface area contributed by atoms with Crippen LogP contribution in [0.2, 0.25) is 0 Å². The Morgan fingerprint density at radius 1 is 1.18 bits per heavy atom. The van der Waals surface area contributed by atoms with Crippen molar-refractivity contribution in [2.45, 2.75) is 25.0 Å². The minimum Gasteiger partial charge on any atom is -0.504 e. The minimum atomic E-state index is -0.961. The van der Waals surface area contributed by atoms with Crippen LogP contribution in [-0.4, -0.2) is 45.8 Å². The molecule has 1 aromatic carbocycles.